The summed E-state index contributed by atoms with van der Waals surface area (Å²) >= 11 is 0. The number of aliphatic hydroxyl groups is 4. The number of hydrogen-bond donors (Lipinski definition) is 6. The van der Waals surface area contributed by atoms with Gasteiger partial charge in [0.15, 0.2) is 6.29 Å². The SMILES string of the molecule is C1CCC([NH2+]C2CCCCC2)CC1.C1CCC([NH2+]C2CCCCC2)CC1.O=P([O-])([O-])O[C@@H]1O[C@H](CO)[C@@H](O)[C@H](O)[C@H]1O. The van der Waals surface area contributed by atoms with Crippen molar-refractivity contribution in [2.75, 3.05) is 6.61 Å². The minimum absolute atomic E-state index is 0.743. The molecule has 0 aromatic rings. The molecule has 4 saturated carbocycles. The first kappa shape index (κ1) is 36.3. The highest BCUT2D eigenvalue weighted by molar-refractivity contribution is 7.43. The molecule has 0 unspecified atom stereocenters. The predicted molar refractivity (Wildman–Crippen MR) is 154 cm³/mol. The Labute approximate surface area is 252 Å². The topological polar surface area (TPSA) is 196 Å². The molecule has 1 heterocycles. The molecule has 0 aromatic heterocycles. The number of phosphoric acid groups is 1. The van der Waals surface area contributed by atoms with Crippen LogP contribution >= 0.6 is 7.82 Å². The molecule has 0 radical (unpaired) electrons. The third kappa shape index (κ3) is 13.4. The van der Waals surface area contributed by atoms with E-state index in [9.17, 15) is 29.7 Å². The van der Waals surface area contributed by atoms with Crippen LogP contribution in [0.1, 0.15) is 128 Å². The number of aliphatic hydroxyl groups excluding tert-OH is 4. The van der Waals surface area contributed by atoms with E-state index >= 15 is 0 Å². The van der Waals surface area contributed by atoms with E-state index in [4.69, 9.17) is 5.11 Å². The second kappa shape index (κ2) is 19.4. The minimum Gasteiger partial charge on any atom is -0.790 e. The number of rotatable bonds is 7. The highest BCUT2D eigenvalue weighted by atomic mass is 31.2. The Bertz CT molecular complexity index is 683. The Morgan fingerprint density at radius 3 is 1.21 bits per heavy atom. The van der Waals surface area contributed by atoms with Crippen molar-refractivity contribution in [3.63, 3.8) is 0 Å². The maximum atomic E-state index is 10.3. The summed E-state index contributed by atoms with van der Waals surface area (Å²) in [5.41, 5.74) is 0. The van der Waals surface area contributed by atoms with Gasteiger partial charge < -0.3 is 54.7 Å². The molecule has 248 valence electrons. The van der Waals surface area contributed by atoms with Crippen LogP contribution in [-0.2, 0) is 13.8 Å². The van der Waals surface area contributed by atoms with Gasteiger partial charge in [0.1, 0.15) is 24.4 Å². The quantitative estimate of drug-likeness (QED) is 0.213. The largest absolute Gasteiger partial charge is 0.790 e. The van der Waals surface area contributed by atoms with Gasteiger partial charge in [0.05, 0.1) is 38.6 Å². The van der Waals surface area contributed by atoms with Gasteiger partial charge in [0.25, 0.3) is 0 Å². The van der Waals surface area contributed by atoms with Gasteiger partial charge in [-0.15, -0.1) is 0 Å². The molecule has 1 saturated heterocycles. The van der Waals surface area contributed by atoms with Gasteiger partial charge in [-0.25, -0.2) is 0 Å². The fourth-order valence-electron chi connectivity index (χ4n) is 7.36. The Morgan fingerprint density at radius 1 is 0.595 bits per heavy atom. The Morgan fingerprint density at radius 2 is 0.929 bits per heavy atom. The lowest BCUT2D eigenvalue weighted by molar-refractivity contribution is -0.726. The molecular weight excluding hydrogens is 563 g/mol. The number of phosphoric ester groups is 1. The Kier molecular flexibility index (Phi) is 16.7. The summed E-state index contributed by atoms with van der Waals surface area (Å²) < 4.78 is 18.7. The van der Waals surface area contributed by atoms with Crippen LogP contribution in [0.25, 0.3) is 0 Å². The fourth-order valence-corrected chi connectivity index (χ4v) is 7.79. The third-order valence-electron chi connectivity index (χ3n) is 9.77. The van der Waals surface area contributed by atoms with Crippen molar-refractivity contribution >= 4 is 7.82 Å². The molecule has 0 spiro atoms. The first-order valence-corrected chi connectivity index (χ1v) is 18.3. The van der Waals surface area contributed by atoms with E-state index in [1.165, 1.54) is 128 Å². The molecule has 1 aliphatic heterocycles. The normalized spacial score (nSPS) is 32.8. The average molecular weight is 623 g/mol. The molecule has 42 heavy (non-hydrogen) atoms. The molecule has 8 N–H and O–H groups in total. The molecular formula is C30H59N2O9P. The van der Waals surface area contributed by atoms with E-state index in [-0.39, 0.29) is 0 Å². The van der Waals surface area contributed by atoms with Crippen LogP contribution in [0.15, 0.2) is 0 Å². The molecule has 11 nitrogen and oxygen atoms in total. The summed E-state index contributed by atoms with van der Waals surface area (Å²) in [4.78, 5) is 20.6. The lowest BCUT2D eigenvalue weighted by Crippen LogP contribution is -2.95. The van der Waals surface area contributed by atoms with Gasteiger partial charge in [-0.05, 0) is 103 Å². The number of hydrogen-bond acceptors (Lipinski definition) is 9. The van der Waals surface area contributed by atoms with Gasteiger partial charge in [-0.2, -0.15) is 0 Å². The zero-order chi connectivity index (χ0) is 30.4. The van der Waals surface area contributed by atoms with Gasteiger partial charge in [0.2, 0.25) is 0 Å². The van der Waals surface area contributed by atoms with Crippen LogP contribution in [0.2, 0.25) is 0 Å². The van der Waals surface area contributed by atoms with Crippen molar-refractivity contribution < 1.29 is 54.7 Å². The molecule has 5 aliphatic rings. The van der Waals surface area contributed by atoms with Gasteiger partial charge in [-0.1, -0.05) is 25.7 Å². The van der Waals surface area contributed by atoms with E-state index < -0.39 is 45.1 Å². The monoisotopic (exact) mass is 622 g/mol. The van der Waals surface area contributed by atoms with Crippen LogP contribution in [0.5, 0.6) is 0 Å². The van der Waals surface area contributed by atoms with E-state index in [1.54, 1.807) is 0 Å². The first-order valence-electron chi connectivity index (χ1n) is 16.9. The highest BCUT2D eigenvalue weighted by Gasteiger charge is 2.44. The summed E-state index contributed by atoms with van der Waals surface area (Å²) in [6, 6.07) is 3.99. The Balaban J connectivity index is 0.000000174. The average Bonchev–Trinajstić information content (AvgIpc) is 3.00. The third-order valence-corrected chi connectivity index (χ3v) is 10.2. The van der Waals surface area contributed by atoms with Gasteiger partial charge >= 0.3 is 0 Å². The molecule has 5 fully saturated rings. The van der Waals surface area contributed by atoms with Crippen LogP contribution in [0.3, 0.4) is 0 Å². The molecule has 12 heteroatoms. The summed E-state index contributed by atoms with van der Waals surface area (Å²) in [6.45, 7) is -0.743. The maximum absolute atomic E-state index is 10.3. The van der Waals surface area contributed by atoms with Crippen LogP contribution in [-0.4, -0.2) is 81.9 Å². The summed E-state index contributed by atoms with van der Waals surface area (Å²) in [5.74, 6) is 0. The van der Waals surface area contributed by atoms with Crippen molar-refractivity contribution in [2.45, 2.75) is 183 Å². The van der Waals surface area contributed by atoms with E-state index in [0.29, 0.717) is 0 Å². The Hall–Kier alpha value is -0.170. The zero-order valence-corrected chi connectivity index (χ0v) is 26.4. The van der Waals surface area contributed by atoms with Gasteiger partial charge in [0, 0.05) is 0 Å². The second-order valence-electron chi connectivity index (χ2n) is 13.2. The molecule has 5 atom stereocenters. The maximum Gasteiger partial charge on any atom is 0.191 e. The second-order valence-corrected chi connectivity index (χ2v) is 14.3. The highest BCUT2D eigenvalue weighted by Crippen LogP contribution is 2.33. The van der Waals surface area contributed by atoms with E-state index in [2.05, 4.69) is 19.9 Å². The summed E-state index contributed by atoms with van der Waals surface area (Å²) in [7, 11) is -5.41. The first-order chi connectivity index (χ1) is 20.2. The minimum atomic E-state index is -5.41. The van der Waals surface area contributed by atoms with Crippen molar-refractivity contribution in [1.82, 2.24) is 0 Å². The molecule has 0 bridgehead atoms. The summed E-state index contributed by atoms with van der Waals surface area (Å²) in [6.07, 6.45) is 21.3. The van der Waals surface area contributed by atoms with E-state index in [0.717, 1.165) is 24.2 Å². The molecule has 0 amide bonds. The molecule has 5 rings (SSSR count). The van der Waals surface area contributed by atoms with Crippen molar-refractivity contribution in [3.8, 4) is 0 Å². The van der Waals surface area contributed by atoms with Crippen molar-refractivity contribution in [3.05, 3.63) is 0 Å². The summed E-state index contributed by atoms with van der Waals surface area (Å²) in [5, 5.41) is 41.9. The molecule has 4 aliphatic carbocycles. The zero-order valence-electron chi connectivity index (χ0n) is 25.5. The van der Waals surface area contributed by atoms with Crippen molar-refractivity contribution in [2.24, 2.45) is 0 Å². The van der Waals surface area contributed by atoms with Crippen LogP contribution < -0.4 is 20.4 Å². The number of ether oxygens (including phenoxy) is 1. The lowest BCUT2D eigenvalue weighted by atomic mass is 9.91. The molecule has 0 aromatic carbocycles. The van der Waals surface area contributed by atoms with Crippen molar-refractivity contribution in [1.29, 1.82) is 0 Å². The fraction of sp³-hybridized carbons (Fsp3) is 1.00. The van der Waals surface area contributed by atoms with Crippen LogP contribution in [0, 0.1) is 0 Å². The standard InChI is InChI=1S/2C12H23N.C6H13O9P/c2*1-3-7-11(8-4-1)13-12-9-5-2-6-10-12;7-1-2-3(8)4(9)5(10)6(14-2)15-16(11,12)13/h2*11-13H,1-10H2;2-10H,1H2,(H2,11,12,13)/t;;2-,3-,4+,5-,6+/m..1/s1. The number of nitrogens with two attached hydrogens (primary N) is 2. The predicted octanol–water partition coefficient (Wildman–Crippen LogP) is 0.0620. The smallest absolute Gasteiger partial charge is 0.191 e. The number of quaternary nitrogens is 2. The van der Waals surface area contributed by atoms with E-state index in [1.807, 2.05) is 0 Å². The lowest BCUT2D eigenvalue weighted by Gasteiger charge is -2.43. The van der Waals surface area contributed by atoms with Gasteiger partial charge in [-0.3, -0.25) is 0 Å². The van der Waals surface area contributed by atoms with Crippen LogP contribution in [0.4, 0.5) is 0 Å².